The standard InChI is InChI=1S/C18H26BN3O3S/c1-6-11-22-15(23)20-21-16(22)26-12-13-7-9-14(10-8-13)19-24-17(2,3)18(4,5)25-19/h7-10H,6,11-12H2,1-5H3,(H,20,23). The monoisotopic (exact) mass is 375 g/mol. The number of nitrogens with zero attached hydrogens (tertiary/aromatic N) is 2. The van der Waals surface area contributed by atoms with E-state index >= 15 is 0 Å². The Kier molecular flexibility index (Phi) is 5.37. The van der Waals surface area contributed by atoms with Gasteiger partial charge in [-0.05, 0) is 45.1 Å². The summed E-state index contributed by atoms with van der Waals surface area (Å²) in [5.41, 5.74) is 1.35. The number of H-pyrrole nitrogens is 1. The molecule has 0 unspecified atom stereocenters. The van der Waals surface area contributed by atoms with Gasteiger partial charge in [0.25, 0.3) is 0 Å². The van der Waals surface area contributed by atoms with Crippen LogP contribution in [0.25, 0.3) is 0 Å². The lowest BCUT2D eigenvalue weighted by molar-refractivity contribution is 0.00578. The molecule has 1 saturated heterocycles. The van der Waals surface area contributed by atoms with Crippen LogP contribution in [0.3, 0.4) is 0 Å². The smallest absolute Gasteiger partial charge is 0.399 e. The van der Waals surface area contributed by atoms with Gasteiger partial charge in [-0.15, -0.1) is 5.10 Å². The molecule has 0 saturated carbocycles. The van der Waals surface area contributed by atoms with Gasteiger partial charge in [0.05, 0.1) is 11.2 Å². The molecule has 1 aliphatic rings. The van der Waals surface area contributed by atoms with Crippen LogP contribution >= 0.6 is 11.8 Å². The zero-order chi connectivity index (χ0) is 18.9. The van der Waals surface area contributed by atoms with Crippen molar-refractivity contribution in [3.8, 4) is 0 Å². The second kappa shape index (κ2) is 7.25. The van der Waals surface area contributed by atoms with Crippen LogP contribution in [0, 0.1) is 0 Å². The Bertz CT molecular complexity index is 798. The van der Waals surface area contributed by atoms with Crippen molar-refractivity contribution in [2.45, 2.75) is 69.7 Å². The van der Waals surface area contributed by atoms with Gasteiger partial charge in [0.15, 0.2) is 5.16 Å². The number of aromatic amines is 1. The number of benzene rings is 1. The largest absolute Gasteiger partial charge is 0.494 e. The van der Waals surface area contributed by atoms with Crippen LogP contribution in [0.4, 0.5) is 0 Å². The molecule has 2 aromatic rings. The van der Waals surface area contributed by atoms with Crippen LogP contribution in [0.5, 0.6) is 0 Å². The quantitative estimate of drug-likeness (QED) is 0.621. The average molecular weight is 375 g/mol. The van der Waals surface area contributed by atoms with Gasteiger partial charge in [-0.1, -0.05) is 43.0 Å². The number of rotatable bonds is 6. The minimum atomic E-state index is -0.345. The zero-order valence-electron chi connectivity index (χ0n) is 16.0. The summed E-state index contributed by atoms with van der Waals surface area (Å²) in [6.45, 7) is 10.9. The first kappa shape index (κ1) is 19.3. The summed E-state index contributed by atoms with van der Waals surface area (Å²) < 4.78 is 13.9. The van der Waals surface area contributed by atoms with E-state index in [1.54, 1.807) is 16.3 Å². The molecule has 2 heterocycles. The second-order valence-electron chi connectivity index (χ2n) is 7.58. The highest BCUT2D eigenvalue weighted by molar-refractivity contribution is 7.98. The first-order chi connectivity index (χ1) is 12.2. The Balaban J connectivity index is 1.65. The number of thioether (sulfide) groups is 1. The molecule has 8 heteroatoms. The average Bonchev–Trinajstić information content (AvgIpc) is 3.03. The molecule has 140 valence electrons. The van der Waals surface area contributed by atoms with Crippen LogP contribution < -0.4 is 11.2 Å². The fraction of sp³-hybridized carbons (Fsp3) is 0.556. The minimum absolute atomic E-state index is 0.148. The van der Waals surface area contributed by atoms with Crippen molar-refractivity contribution in [3.05, 3.63) is 40.3 Å². The fourth-order valence-corrected chi connectivity index (χ4v) is 3.66. The van der Waals surface area contributed by atoms with Gasteiger partial charge < -0.3 is 9.31 Å². The lowest BCUT2D eigenvalue weighted by atomic mass is 9.79. The van der Waals surface area contributed by atoms with Crippen molar-refractivity contribution in [1.82, 2.24) is 14.8 Å². The first-order valence-corrected chi connectivity index (χ1v) is 9.94. The van der Waals surface area contributed by atoms with Gasteiger partial charge in [-0.3, -0.25) is 4.57 Å². The lowest BCUT2D eigenvalue weighted by Gasteiger charge is -2.32. The van der Waals surface area contributed by atoms with Crippen molar-refractivity contribution in [2.24, 2.45) is 0 Å². The summed E-state index contributed by atoms with van der Waals surface area (Å²) in [6.07, 6.45) is 0.899. The third-order valence-electron chi connectivity index (χ3n) is 5.04. The highest BCUT2D eigenvalue weighted by Crippen LogP contribution is 2.36. The highest BCUT2D eigenvalue weighted by atomic mass is 32.2. The number of nitrogens with one attached hydrogen (secondary N) is 1. The van der Waals surface area contributed by atoms with Gasteiger partial charge in [-0.2, -0.15) is 0 Å². The van der Waals surface area contributed by atoms with E-state index in [1.165, 1.54) is 0 Å². The maximum absolute atomic E-state index is 11.7. The summed E-state index contributed by atoms with van der Waals surface area (Å²) in [6, 6.07) is 8.23. The predicted molar refractivity (Wildman–Crippen MR) is 105 cm³/mol. The van der Waals surface area contributed by atoms with Gasteiger partial charge in [0.1, 0.15) is 0 Å². The van der Waals surface area contributed by atoms with Crippen molar-refractivity contribution >= 4 is 24.3 Å². The Hall–Kier alpha value is -1.51. The number of hydrogen-bond donors (Lipinski definition) is 1. The Morgan fingerprint density at radius 1 is 1.15 bits per heavy atom. The van der Waals surface area contributed by atoms with Crippen molar-refractivity contribution in [1.29, 1.82) is 0 Å². The van der Waals surface area contributed by atoms with Gasteiger partial charge in [-0.25, -0.2) is 9.89 Å². The van der Waals surface area contributed by atoms with E-state index in [9.17, 15) is 4.79 Å². The van der Waals surface area contributed by atoms with Crippen LogP contribution in [0.15, 0.2) is 34.2 Å². The summed E-state index contributed by atoms with van der Waals surface area (Å²) in [5.74, 6) is 0.748. The molecule has 1 aliphatic heterocycles. The molecule has 0 atom stereocenters. The second-order valence-corrected chi connectivity index (χ2v) is 8.52. The Morgan fingerprint density at radius 2 is 1.77 bits per heavy atom. The molecule has 6 nitrogen and oxygen atoms in total. The highest BCUT2D eigenvalue weighted by Gasteiger charge is 2.51. The summed E-state index contributed by atoms with van der Waals surface area (Å²) in [5, 5.41) is 7.36. The predicted octanol–water partition coefficient (Wildman–Crippen LogP) is 2.57. The topological polar surface area (TPSA) is 69.1 Å². The fourth-order valence-electron chi connectivity index (χ4n) is 2.73. The van der Waals surface area contributed by atoms with Gasteiger partial charge in [0.2, 0.25) is 0 Å². The molecule has 0 aliphatic carbocycles. The van der Waals surface area contributed by atoms with E-state index in [4.69, 9.17) is 9.31 Å². The van der Waals surface area contributed by atoms with Crippen LogP contribution in [0.1, 0.15) is 46.6 Å². The molecule has 3 rings (SSSR count). The SMILES string of the molecule is CCCn1c(SCc2ccc(B3OC(C)(C)C(C)(C)O3)cc2)n[nH]c1=O. The van der Waals surface area contributed by atoms with E-state index in [2.05, 4.69) is 50.0 Å². The van der Waals surface area contributed by atoms with Crippen LogP contribution in [-0.2, 0) is 21.6 Å². The number of hydrogen-bond acceptors (Lipinski definition) is 5. The van der Waals surface area contributed by atoms with Crippen LogP contribution in [0.2, 0.25) is 0 Å². The third kappa shape index (κ3) is 3.77. The Morgan fingerprint density at radius 3 is 2.35 bits per heavy atom. The molecular formula is C18H26BN3O3S. The van der Waals surface area contributed by atoms with E-state index in [1.807, 2.05) is 19.1 Å². The molecular weight excluding hydrogens is 349 g/mol. The molecule has 1 aromatic heterocycles. The van der Waals surface area contributed by atoms with Crippen molar-refractivity contribution in [3.63, 3.8) is 0 Å². The minimum Gasteiger partial charge on any atom is -0.399 e. The van der Waals surface area contributed by atoms with Gasteiger partial charge >= 0.3 is 12.8 Å². The number of aromatic nitrogens is 3. The van der Waals surface area contributed by atoms with Gasteiger partial charge in [0, 0.05) is 12.3 Å². The van der Waals surface area contributed by atoms with E-state index < -0.39 is 0 Å². The zero-order valence-corrected chi connectivity index (χ0v) is 16.9. The molecule has 0 bridgehead atoms. The van der Waals surface area contributed by atoms with Crippen molar-refractivity contribution in [2.75, 3.05) is 0 Å². The molecule has 1 N–H and O–H groups in total. The first-order valence-electron chi connectivity index (χ1n) is 8.96. The van der Waals surface area contributed by atoms with Crippen molar-refractivity contribution < 1.29 is 9.31 Å². The molecule has 26 heavy (non-hydrogen) atoms. The normalized spacial score (nSPS) is 18.4. The summed E-state index contributed by atoms with van der Waals surface area (Å²) in [7, 11) is -0.345. The maximum atomic E-state index is 11.7. The van der Waals surface area contributed by atoms with Crippen LogP contribution in [-0.4, -0.2) is 33.1 Å². The Labute approximate surface area is 158 Å². The third-order valence-corrected chi connectivity index (χ3v) is 6.09. The molecule has 0 amide bonds. The molecule has 0 spiro atoms. The maximum Gasteiger partial charge on any atom is 0.494 e. The molecule has 1 aromatic carbocycles. The lowest BCUT2D eigenvalue weighted by Crippen LogP contribution is -2.41. The van der Waals surface area contributed by atoms with E-state index in [0.29, 0.717) is 6.54 Å². The molecule has 1 fully saturated rings. The molecule has 0 radical (unpaired) electrons. The summed E-state index contributed by atoms with van der Waals surface area (Å²) in [4.78, 5) is 11.7. The van der Waals surface area contributed by atoms with E-state index in [-0.39, 0.29) is 24.0 Å². The summed E-state index contributed by atoms with van der Waals surface area (Å²) >= 11 is 1.56. The van der Waals surface area contributed by atoms with E-state index in [0.717, 1.165) is 28.4 Å².